The van der Waals surface area contributed by atoms with Crippen LogP contribution in [-0.2, 0) is 0 Å². The van der Waals surface area contributed by atoms with Gasteiger partial charge in [-0.3, -0.25) is 0 Å². The molecule has 0 spiro atoms. The Morgan fingerprint density at radius 2 is 1.76 bits per heavy atom. The number of nitrogens with two attached hydrogens (primary N) is 1. The zero-order valence-electron chi connectivity index (χ0n) is 10.4. The van der Waals surface area contributed by atoms with Crippen LogP contribution in [0.5, 0.6) is 0 Å². The molecule has 0 aliphatic carbocycles. The van der Waals surface area contributed by atoms with Crippen LogP contribution in [0.25, 0.3) is 0 Å². The van der Waals surface area contributed by atoms with Crippen molar-refractivity contribution in [3.63, 3.8) is 0 Å². The van der Waals surface area contributed by atoms with Gasteiger partial charge in [0.1, 0.15) is 0 Å². The van der Waals surface area contributed by atoms with Crippen LogP contribution >= 0.6 is 0 Å². The van der Waals surface area contributed by atoms with Crippen LogP contribution in [-0.4, -0.2) is 32.0 Å². The smallest absolute Gasteiger partial charge is 0.319 e. The van der Waals surface area contributed by atoms with E-state index >= 15 is 0 Å². The average molecular weight is 258 g/mol. The lowest BCUT2D eigenvalue weighted by atomic mass is 9.84. The number of halogens is 4. The minimum atomic E-state index is -3.94. The van der Waals surface area contributed by atoms with E-state index in [4.69, 9.17) is 5.73 Å². The molecule has 0 aromatic carbocycles. The van der Waals surface area contributed by atoms with Crippen LogP contribution in [0.2, 0.25) is 0 Å². The Morgan fingerprint density at radius 1 is 1.18 bits per heavy atom. The first-order valence-electron chi connectivity index (χ1n) is 5.78. The van der Waals surface area contributed by atoms with Crippen molar-refractivity contribution in [2.24, 2.45) is 11.1 Å². The Morgan fingerprint density at radius 3 is 2.24 bits per heavy atom. The molecule has 0 unspecified atom stereocenters. The molecule has 0 rings (SSSR count). The largest absolute Gasteiger partial charge is 0.330 e. The highest BCUT2D eigenvalue weighted by molar-refractivity contribution is 4.73. The molecule has 2 nitrogen and oxygen atoms in total. The molecule has 17 heavy (non-hydrogen) atoms. The predicted molar refractivity (Wildman–Crippen MR) is 60.5 cm³/mol. The third kappa shape index (κ3) is 7.54. The normalized spacial score (nSPS) is 13.4. The summed E-state index contributed by atoms with van der Waals surface area (Å²) < 4.78 is 48.6. The minimum absolute atomic E-state index is 0.0711. The van der Waals surface area contributed by atoms with Crippen LogP contribution in [0.1, 0.15) is 33.1 Å². The van der Waals surface area contributed by atoms with Crippen molar-refractivity contribution in [1.29, 1.82) is 0 Å². The summed E-state index contributed by atoms with van der Waals surface area (Å²) >= 11 is 0. The lowest BCUT2D eigenvalue weighted by Gasteiger charge is -2.24. The molecule has 3 N–H and O–H groups in total. The van der Waals surface area contributed by atoms with Crippen LogP contribution in [0, 0.1) is 5.41 Å². The van der Waals surface area contributed by atoms with Gasteiger partial charge in [0, 0.05) is 0 Å². The Labute approximate surface area is 99.9 Å². The van der Waals surface area contributed by atoms with Gasteiger partial charge in [-0.05, 0) is 37.8 Å². The fourth-order valence-electron chi connectivity index (χ4n) is 1.54. The van der Waals surface area contributed by atoms with E-state index in [1.807, 2.05) is 13.8 Å². The molecule has 0 radical (unpaired) electrons. The maximum atomic E-state index is 12.5. The lowest BCUT2D eigenvalue weighted by molar-refractivity contribution is -0.125. The summed E-state index contributed by atoms with van der Waals surface area (Å²) in [5.74, 6) is -3.94. The van der Waals surface area contributed by atoms with Crippen molar-refractivity contribution in [2.45, 2.75) is 45.5 Å². The highest BCUT2D eigenvalue weighted by Gasteiger charge is 2.39. The third-order valence-electron chi connectivity index (χ3n) is 2.71. The molecule has 0 amide bonds. The number of nitrogens with one attached hydrogen (secondary N) is 1. The third-order valence-corrected chi connectivity index (χ3v) is 2.71. The fourth-order valence-corrected chi connectivity index (χ4v) is 1.54. The van der Waals surface area contributed by atoms with Gasteiger partial charge in [-0.15, -0.1) is 0 Å². The van der Waals surface area contributed by atoms with E-state index in [1.54, 1.807) is 0 Å². The first kappa shape index (κ1) is 16.6. The lowest BCUT2D eigenvalue weighted by Crippen LogP contribution is -2.39. The first-order chi connectivity index (χ1) is 7.71. The van der Waals surface area contributed by atoms with Gasteiger partial charge in [0.05, 0.1) is 6.54 Å². The summed E-state index contributed by atoms with van der Waals surface area (Å²) in [7, 11) is 0. The molecule has 0 fully saturated rings. The van der Waals surface area contributed by atoms with Gasteiger partial charge in [-0.1, -0.05) is 13.8 Å². The highest BCUT2D eigenvalue weighted by Crippen LogP contribution is 2.25. The molecule has 0 aliphatic heterocycles. The quantitative estimate of drug-likeness (QED) is 0.493. The first-order valence-corrected chi connectivity index (χ1v) is 5.78. The number of alkyl halides is 4. The van der Waals surface area contributed by atoms with Gasteiger partial charge in [0.2, 0.25) is 0 Å². The Balaban J connectivity index is 3.66. The van der Waals surface area contributed by atoms with Crippen molar-refractivity contribution >= 4 is 0 Å². The zero-order chi connectivity index (χ0) is 13.5. The standard InChI is InChI=1S/C11H22F4N2/c1-10(2,5-6-16)4-3-7-17-8-11(14,15)9(12)13/h9,17H,3-8,16H2,1-2H3. The molecule has 0 aromatic heterocycles. The van der Waals surface area contributed by atoms with Crippen molar-refractivity contribution < 1.29 is 17.6 Å². The molecule has 0 heterocycles. The van der Waals surface area contributed by atoms with Crippen molar-refractivity contribution in [3.05, 3.63) is 0 Å². The summed E-state index contributed by atoms with van der Waals surface area (Å²) in [6.45, 7) is 4.03. The van der Waals surface area contributed by atoms with Gasteiger partial charge in [-0.25, -0.2) is 8.78 Å². The molecule has 0 aliphatic rings. The molecular weight excluding hydrogens is 236 g/mol. The van der Waals surface area contributed by atoms with Crippen molar-refractivity contribution in [1.82, 2.24) is 5.32 Å². The molecule has 0 saturated carbocycles. The molecule has 104 valence electrons. The van der Waals surface area contributed by atoms with E-state index in [0.29, 0.717) is 19.5 Å². The zero-order valence-corrected chi connectivity index (χ0v) is 10.4. The Kier molecular flexibility index (Phi) is 7.01. The average Bonchev–Trinajstić information content (AvgIpc) is 2.16. The maximum Gasteiger partial charge on any atom is 0.319 e. The van der Waals surface area contributed by atoms with Gasteiger partial charge in [-0.2, -0.15) is 8.78 Å². The second kappa shape index (κ2) is 7.16. The molecule has 0 bridgehead atoms. The molecular formula is C11H22F4N2. The minimum Gasteiger partial charge on any atom is -0.330 e. The van der Waals surface area contributed by atoms with E-state index in [9.17, 15) is 17.6 Å². The molecule has 6 heteroatoms. The van der Waals surface area contributed by atoms with Gasteiger partial charge >= 0.3 is 12.3 Å². The summed E-state index contributed by atoms with van der Waals surface area (Å²) in [5, 5.41) is 2.36. The van der Waals surface area contributed by atoms with Gasteiger partial charge < -0.3 is 11.1 Å². The van der Waals surface area contributed by atoms with Crippen LogP contribution in [0.3, 0.4) is 0 Å². The van der Waals surface area contributed by atoms with Crippen LogP contribution < -0.4 is 11.1 Å². The van der Waals surface area contributed by atoms with Crippen molar-refractivity contribution in [3.8, 4) is 0 Å². The monoisotopic (exact) mass is 258 g/mol. The summed E-state index contributed by atoms with van der Waals surface area (Å²) in [5.41, 5.74) is 5.51. The second-order valence-corrected chi connectivity index (χ2v) is 5.04. The van der Waals surface area contributed by atoms with E-state index in [-0.39, 0.29) is 5.41 Å². The summed E-state index contributed by atoms with van der Waals surface area (Å²) in [6, 6.07) is 0. The number of hydrogen-bond acceptors (Lipinski definition) is 2. The predicted octanol–water partition coefficient (Wildman–Crippen LogP) is 2.63. The van der Waals surface area contributed by atoms with E-state index in [1.165, 1.54) is 0 Å². The SMILES string of the molecule is CC(C)(CCN)CCCNCC(F)(F)C(F)F. The molecule has 0 saturated heterocycles. The molecule has 0 atom stereocenters. The fraction of sp³-hybridized carbons (Fsp3) is 1.00. The van der Waals surface area contributed by atoms with Gasteiger partial charge in [0.15, 0.2) is 0 Å². The Hall–Kier alpha value is -0.360. The van der Waals surface area contributed by atoms with E-state index < -0.39 is 18.9 Å². The van der Waals surface area contributed by atoms with Crippen LogP contribution in [0.15, 0.2) is 0 Å². The number of hydrogen-bond donors (Lipinski definition) is 2. The van der Waals surface area contributed by atoms with Crippen LogP contribution in [0.4, 0.5) is 17.6 Å². The second-order valence-electron chi connectivity index (χ2n) is 5.04. The van der Waals surface area contributed by atoms with Crippen molar-refractivity contribution in [2.75, 3.05) is 19.6 Å². The molecule has 0 aromatic rings. The van der Waals surface area contributed by atoms with Gasteiger partial charge in [0.25, 0.3) is 0 Å². The van der Waals surface area contributed by atoms with E-state index in [0.717, 1.165) is 12.8 Å². The van der Waals surface area contributed by atoms with E-state index in [2.05, 4.69) is 5.32 Å². The number of rotatable bonds is 9. The maximum absolute atomic E-state index is 12.5. The highest BCUT2D eigenvalue weighted by atomic mass is 19.3. The topological polar surface area (TPSA) is 38.0 Å². The summed E-state index contributed by atoms with van der Waals surface area (Å²) in [6.07, 6.45) is -1.24. The summed E-state index contributed by atoms with van der Waals surface area (Å²) in [4.78, 5) is 0. The Bertz CT molecular complexity index is 208.